The maximum absolute atomic E-state index is 8.62. The molecule has 14 heavy (non-hydrogen) atoms. The van der Waals surface area contributed by atoms with Gasteiger partial charge in [-0.2, -0.15) is 5.26 Å². The van der Waals surface area contributed by atoms with Crippen LogP contribution < -0.4 is 0 Å². The zero-order valence-electron chi connectivity index (χ0n) is 7.47. The van der Waals surface area contributed by atoms with Crippen LogP contribution in [-0.4, -0.2) is 12.8 Å². The molecule has 3 heteroatoms. The predicted octanol–water partition coefficient (Wildman–Crippen LogP) is 1.54. The van der Waals surface area contributed by atoms with E-state index in [0.717, 1.165) is 5.56 Å². The topological polar surface area (TPSA) is 45.4 Å². The molecule has 0 aliphatic rings. The number of benzene rings is 1. The molecule has 0 unspecified atom stereocenters. The van der Waals surface area contributed by atoms with E-state index in [0.29, 0.717) is 5.56 Å². The van der Waals surface area contributed by atoms with Gasteiger partial charge in [-0.1, -0.05) is 23.2 Å². The van der Waals surface area contributed by atoms with Crippen LogP contribution in [0, 0.1) is 23.7 Å². The van der Waals surface area contributed by atoms with E-state index in [1.807, 2.05) is 12.1 Å². The fraction of sp³-hybridized carbons (Fsp3) is 0.0909. The highest BCUT2D eigenvalue weighted by Gasteiger charge is 1.90. The van der Waals surface area contributed by atoms with Crippen molar-refractivity contribution < 1.29 is 4.84 Å². The average Bonchev–Trinajstić information content (AvgIpc) is 2.25. The van der Waals surface area contributed by atoms with Gasteiger partial charge in [0.05, 0.1) is 17.8 Å². The summed E-state index contributed by atoms with van der Waals surface area (Å²) in [6.07, 6.45) is 6.47. The van der Waals surface area contributed by atoms with E-state index in [9.17, 15) is 0 Å². The van der Waals surface area contributed by atoms with Gasteiger partial charge in [-0.25, -0.2) is 0 Å². The Morgan fingerprint density at radius 2 is 2.43 bits per heavy atom. The van der Waals surface area contributed by atoms with E-state index in [1.165, 1.54) is 6.21 Å². The average molecular weight is 184 g/mol. The van der Waals surface area contributed by atoms with Crippen LogP contribution in [0.2, 0.25) is 0 Å². The van der Waals surface area contributed by atoms with Gasteiger partial charge in [-0.15, -0.1) is 6.42 Å². The van der Waals surface area contributed by atoms with Crippen LogP contribution in [0.5, 0.6) is 0 Å². The number of terminal acetylenes is 1. The van der Waals surface area contributed by atoms with Crippen molar-refractivity contribution in [3.63, 3.8) is 0 Å². The smallest absolute Gasteiger partial charge is 0.177 e. The van der Waals surface area contributed by atoms with Gasteiger partial charge in [0.15, 0.2) is 6.61 Å². The standard InChI is InChI=1S/C11H8N2O/c1-2-6-14-13-9-11-5-3-4-10(7-11)8-12/h1,3-5,7,9H,6H2. The van der Waals surface area contributed by atoms with Gasteiger partial charge < -0.3 is 4.84 Å². The fourth-order valence-electron chi connectivity index (χ4n) is 0.861. The number of hydrogen-bond acceptors (Lipinski definition) is 3. The molecule has 0 radical (unpaired) electrons. The van der Waals surface area contributed by atoms with Crippen molar-refractivity contribution in [3.8, 4) is 18.4 Å². The fourth-order valence-corrected chi connectivity index (χ4v) is 0.861. The zero-order chi connectivity index (χ0) is 10.2. The highest BCUT2D eigenvalue weighted by atomic mass is 16.6. The van der Waals surface area contributed by atoms with Crippen LogP contribution in [0.4, 0.5) is 0 Å². The van der Waals surface area contributed by atoms with Crippen LogP contribution in [-0.2, 0) is 4.84 Å². The van der Waals surface area contributed by atoms with Gasteiger partial charge in [0.2, 0.25) is 0 Å². The summed E-state index contributed by atoms with van der Waals surface area (Å²) < 4.78 is 0. The van der Waals surface area contributed by atoms with Crippen molar-refractivity contribution in [1.29, 1.82) is 5.26 Å². The Morgan fingerprint density at radius 3 is 3.14 bits per heavy atom. The maximum Gasteiger partial charge on any atom is 0.177 e. The van der Waals surface area contributed by atoms with Gasteiger partial charge in [0.25, 0.3) is 0 Å². The Morgan fingerprint density at radius 1 is 1.57 bits per heavy atom. The molecule has 0 aliphatic carbocycles. The molecule has 0 fully saturated rings. The molecule has 1 rings (SSSR count). The molecule has 0 bridgehead atoms. The second-order valence-electron chi connectivity index (χ2n) is 2.45. The molecule has 0 amide bonds. The molecule has 0 saturated heterocycles. The van der Waals surface area contributed by atoms with E-state index in [-0.39, 0.29) is 6.61 Å². The van der Waals surface area contributed by atoms with Gasteiger partial charge in [0.1, 0.15) is 0 Å². The lowest BCUT2D eigenvalue weighted by Crippen LogP contribution is -1.86. The minimum atomic E-state index is 0.147. The van der Waals surface area contributed by atoms with Gasteiger partial charge in [-0.05, 0) is 17.7 Å². The molecule has 0 N–H and O–H groups in total. The number of nitriles is 1. The Hall–Kier alpha value is -2.26. The summed E-state index contributed by atoms with van der Waals surface area (Å²) >= 11 is 0. The summed E-state index contributed by atoms with van der Waals surface area (Å²) in [5, 5.41) is 12.2. The molecule has 0 atom stereocenters. The molecule has 1 aromatic rings. The van der Waals surface area contributed by atoms with Gasteiger partial charge >= 0.3 is 0 Å². The summed E-state index contributed by atoms with van der Waals surface area (Å²) in [5.41, 5.74) is 1.40. The second-order valence-corrected chi connectivity index (χ2v) is 2.45. The third-order valence-electron chi connectivity index (χ3n) is 1.44. The minimum Gasteiger partial charge on any atom is -0.383 e. The summed E-state index contributed by atoms with van der Waals surface area (Å²) in [6.45, 7) is 0.147. The highest BCUT2D eigenvalue weighted by molar-refractivity contribution is 5.79. The molecule has 0 aromatic heterocycles. The lowest BCUT2D eigenvalue weighted by Gasteiger charge is -1.93. The maximum atomic E-state index is 8.62. The van der Waals surface area contributed by atoms with Crippen LogP contribution in [0.15, 0.2) is 29.4 Å². The first kappa shape index (κ1) is 9.83. The van der Waals surface area contributed by atoms with Crippen molar-refractivity contribution in [1.82, 2.24) is 0 Å². The summed E-state index contributed by atoms with van der Waals surface area (Å²) in [5.74, 6) is 2.29. The van der Waals surface area contributed by atoms with E-state index in [4.69, 9.17) is 16.5 Å². The number of rotatable bonds is 3. The normalized spacial score (nSPS) is 9.29. The van der Waals surface area contributed by atoms with Crippen molar-refractivity contribution in [2.45, 2.75) is 0 Å². The Labute approximate surface area is 82.6 Å². The zero-order valence-corrected chi connectivity index (χ0v) is 7.47. The minimum absolute atomic E-state index is 0.147. The van der Waals surface area contributed by atoms with Crippen molar-refractivity contribution in [2.24, 2.45) is 5.16 Å². The second kappa shape index (κ2) is 5.40. The number of nitrogens with zero attached hydrogens (tertiary/aromatic N) is 2. The monoisotopic (exact) mass is 184 g/mol. The molecule has 3 nitrogen and oxygen atoms in total. The van der Waals surface area contributed by atoms with Crippen LogP contribution in [0.1, 0.15) is 11.1 Å². The van der Waals surface area contributed by atoms with Crippen LogP contribution in [0.3, 0.4) is 0 Å². The first-order valence-electron chi connectivity index (χ1n) is 3.96. The quantitative estimate of drug-likeness (QED) is 0.309. The molecule has 0 heterocycles. The summed E-state index contributed by atoms with van der Waals surface area (Å²) in [4.78, 5) is 4.71. The molecule has 0 spiro atoms. The Balaban J connectivity index is 2.64. The van der Waals surface area contributed by atoms with Crippen molar-refractivity contribution in [2.75, 3.05) is 6.61 Å². The molecule has 0 aliphatic heterocycles. The lowest BCUT2D eigenvalue weighted by molar-refractivity contribution is 0.181. The molecule has 68 valence electrons. The SMILES string of the molecule is C#CCON=Cc1cccc(C#N)c1. The van der Waals surface area contributed by atoms with Crippen LogP contribution >= 0.6 is 0 Å². The highest BCUT2D eigenvalue weighted by Crippen LogP contribution is 2.01. The molecule has 1 aromatic carbocycles. The largest absolute Gasteiger partial charge is 0.383 e. The third-order valence-corrected chi connectivity index (χ3v) is 1.44. The van der Waals surface area contributed by atoms with Gasteiger partial charge in [-0.3, -0.25) is 0 Å². The molecular weight excluding hydrogens is 176 g/mol. The Kier molecular flexibility index (Phi) is 3.79. The third kappa shape index (κ3) is 3.00. The lowest BCUT2D eigenvalue weighted by atomic mass is 10.1. The molecule has 0 saturated carbocycles. The van der Waals surface area contributed by atoms with E-state index in [2.05, 4.69) is 11.1 Å². The van der Waals surface area contributed by atoms with E-state index >= 15 is 0 Å². The Bertz CT molecular complexity index is 410. The van der Waals surface area contributed by atoms with Crippen LogP contribution in [0.25, 0.3) is 0 Å². The molecular formula is C11H8N2O. The van der Waals surface area contributed by atoms with Gasteiger partial charge in [0, 0.05) is 0 Å². The summed E-state index contributed by atoms with van der Waals surface area (Å²) in [7, 11) is 0. The van der Waals surface area contributed by atoms with Crippen molar-refractivity contribution in [3.05, 3.63) is 35.4 Å². The van der Waals surface area contributed by atoms with Crippen molar-refractivity contribution >= 4 is 6.21 Å². The first-order chi connectivity index (χ1) is 6.86. The van der Waals surface area contributed by atoms with E-state index in [1.54, 1.807) is 18.2 Å². The summed E-state index contributed by atoms with van der Waals surface area (Å²) in [6, 6.07) is 9.07. The number of hydrogen-bond donors (Lipinski definition) is 0. The predicted molar refractivity (Wildman–Crippen MR) is 53.5 cm³/mol. The van der Waals surface area contributed by atoms with E-state index < -0.39 is 0 Å². The number of oxime groups is 1. The first-order valence-corrected chi connectivity index (χ1v) is 3.96.